The van der Waals surface area contributed by atoms with E-state index in [1.165, 1.54) is 22.9 Å². The number of ether oxygens (including phenoxy) is 1. The van der Waals surface area contributed by atoms with Crippen molar-refractivity contribution in [2.75, 3.05) is 25.9 Å². The van der Waals surface area contributed by atoms with Crippen molar-refractivity contribution in [3.63, 3.8) is 0 Å². The number of halogens is 1. The molecule has 1 spiro atoms. The molecule has 7 nitrogen and oxygen atoms in total. The number of aromatic nitrogens is 1. The second-order valence-electron chi connectivity index (χ2n) is 8.10. The molecule has 2 aliphatic rings. The van der Waals surface area contributed by atoms with E-state index in [4.69, 9.17) is 33.5 Å². The Labute approximate surface area is 191 Å². The molecule has 0 radical (unpaired) electrons. The van der Waals surface area contributed by atoms with E-state index in [1.54, 1.807) is 25.6 Å². The number of methoxy groups -OCH3 is 1. The van der Waals surface area contributed by atoms with Gasteiger partial charge in [0.25, 0.3) is 0 Å². The minimum absolute atomic E-state index is 0.275. The van der Waals surface area contributed by atoms with Crippen LogP contribution in [0.3, 0.4) is 0 Å². The highest BCUT2D eigenvalue weighted by atomic mass is 35.5. The molecular formula is C22H27ClN6OS. The van der Waals surface area contributed by atoms with E-state index in [9.17, 15) is 0 Å². The van der Waals surface area contributed by atoms with Gasteiger partial charge in [0.2, 0.25) is 0 Å². The van der Waals surface area contributed by atoms with Crippen LogP contribution in [-0.2, 0) is 12.8 Å². The lowest BCUT2D eigenvalue weighted by molar-refractivity contribution is 0.157. The van der Waals surface area contributed by atoms with Crippen molar-refractivity contribution in [3.8, 4) is 5.75 Å². The van der Waals surface area contributed by atoms with Gasteiger partial charge in [-0.3, -0.25) is 0 Å². The van der Waals surface area contributed by atoms with Gasteiger partial charge < -0.3 is 26.8 Å². The number of rotatable bonds is 4. The zero-order chi connectivity index (χ0) is 22.0. The highest BCUT2D eigenvalue weighted by Crippen LogP contribution is 2.45. The fourth-order valence-electron chi connectivity index (χ4n) is 4.39. The van der Waals surface area contributed by atoms with Crippen LogP contribution in [0.4, 0.5) is 5.82 Å². The van der Waals surface area contributed by atoms with E-state index in [2.05, 4.69) is 33.1 Å². The molecule has 0 atom stereocenters. The maximum Gasteiger partial charge on any atom is 0.195 e. The molecule has 2 heterocycles. The molecule has 9 heteroatoms. The number of thioether (sulfide) groups is 1. The quantitative estimate of drug-likeness (QED) is 0.365. The van der Waals surface area contributed by atoms with E-state index in [1.807, 2.05) is 0 Å². The summed E-state index contributed by atoms with van der Waals surface area (Å²) < 4.78 is 5.39. The van der Waals surface area contributed by atoms with Gasteiger partial charge in [-0.15, -0.1) is 0 Å². The third kappa shape index (κ3) is 4.70. The van der Waals surface area contributed by atoms with Crippen molar-refractivity contribution < 1.29 is 4.74 Å². The Hall–Kier alpha value is -2.58. The summed E-state index contributed by atoms with van der Waals surface area (Å²) in [6.45, 7) is 1.77. The van der Waals surface area contributed by atoms with Crippen molar-refractivity contribution in [3.05, 3.63) is 57.8 Å². The van der Waals surface area contributed by atoms with Gasteiger partial charge in [0.05, 0.1) is 23.4 Å². The minimum atomic E-state index is 0.275. The lowest BCUT2D eigenvalue weighted by atomic mass is 9.76. The fraction of sp³-hybridized carbons (Fsp3) is 0.364. The number of hydrogen-bond donors (Lipinski definition) is 3. The Morgan fingerprint density at radius 3 is 2.71 bits per heavy atom. The van der Waals surface area contributed by atoms with Crippen LogP contribution in [0.15, 0.2) is 51.6 Å². The second-order valence-corrected chi connectivity index (χ2v) is 9.60. The fourth-order valence-corrected chi connectivity index (χ4v) is 5.30. The van der Waals surface area contributed by atoms with E-state index in [0.717, 1.165) is 49.4 Å². The molecule has 1 aromatic heterocycles. The molecular weight excluding hydrogens is 432 g/mol. The summed E-state index contributed by atoms with van der Waals surface area (Å²) in [6.07, 6.45) is 7.55. The van der Waals surface area contributed by atoms with Crippen molar-refractivity contribution in [2.24, 2.45) is 21.9 Å². The van der Waals surface area contributed by atoms with Crippen LogP contribution < -0.4 is 21.9 Å². The molecule has 1 aliphatic heterocycles. The Bertz CT molecular complexity index is 1030. The number of nitrogens with zero attached hydrogens (tertiary/aromatic N) is 3. The summed E-state index contributed by atoms with van der Waals surface area (Å²) in [4.78, 5) is 11.2. The van der Waals surface area contributed by atoms with E-state index >= 15 is 0 Å². The Kier molecular flexibility index (Phi) is 6.20. The monoisotopic (exact) mass is 458 g/mol. The van der Waals surface area contributed by atoms with Gasteiger partial charge in [0.1, 0.15) is 11.6 Å². The molecule has 31 heavy (non-hydrogen) atoms. The summed E-state index contributed by atoms with van der Waals surface area (Å²) in [5.74, 6) is 1.69. The van der Waals surface area contributed by atoms with Crippen LogP contribution in [0, 0.1) is 5.41 Å². The highest BCUT2D eigenvalue weighted by Gasteiger charge is 2.40. The summed E-state index contributed by atoms with van der Waals surface area (Å²) >= 11 is 7.44. The van der Waals surface area contributed by atoms with Crippen molar-refractivity contribution in [2.45, 2.75) is 30.6 Å². The first-order valence-corrected chi connectivity index (χ1v) is 11.4. The van der Waals surface area contributed by atoms with Crippen LogP contribution in [0.25, 0.3) is 0 Å². The molecule has 0 bridgehead atoms. The molecule has 4 rings (SSSR count). The Balaban J connectivity index is 1.36. The first-order chi connectivity index (χ1) is 14.9. The zero-order valence-corrected chi connectivity index (χ0v) is 19.0. The van der Waals surface area contributed by atoms with Gasteiger partial charge >= 0.3 is 0 Å². The summed E-state index contributed by atoms with van der Waals surface area (Å²) in [7, 11) is 1.72. The lowest BCUT2D eigenvalue weighted by Gasteiger charge is -2.39. The van der Waals surface area contributed by atoms with Crippen molar-refractivity contribution in [1.29, 1.82) is 0 Å². The second kappa shape index (κ2) is 8.88. The predicted octanol–water partition coefficient (Wildman–Crippen LogP) is 3.37. The van der Waals surface area contributed by atoms with E-state index in [0.29, 0.717) is 21.4 Å². The number of likely N-dealkylation sites (tertiary alicyclic amines) is 1. The first-order valence-electron chi connectivity index (χ1n) is 10.2. The SMILES string of the molecule is COc1ccc2c(c1)CC1(CCN(C(N)=N/C=C(\N)Sc3ccnc(N)c3Cl)CC1)C2. The molecule has 0 amide bonds. The van der Waals surface area contributed by atoms with E-state index < -0.39 is 0 Å². The lowest BCUT2D eigenvalue weighted by Crippen LogP contribution is -2.46. The van der Waals surface area contributed by atoms with E-state index in [-0.39, 0.29) is 5.82 Å². The number of hydrogen-bond acceptors (Lipinski definition) is 6. The summed E-state index contributed by atoms with van der Waals surface area (Å²) in [5.41, 5.74) is 21.2. The Morgan fingerprint density at radius 1 is 1.23 bits per heavy atom. The minimum Gasteiger partial charge on any atom is -0.497 e. The number of nitrogen functional groups attached to an aromatic ring is 1. The van der Waals surface area contributed by atoms with Gasteiger partial charge in [0, 0.05) is 24.2 Å². The number of fused-ring (bicyclic) bond motifs is 1. The molecule has 6 N–H and O–H groups in total. The largest absolute Gasteiger partial charge is 0.497 e. The van der Waals surface area contributed by atoms with Gasteiger partial charge in [-0.2, -0.15) is 0 Å². The third-order valence-electron chi connectivity index (χ3n) is 6.13. The number of benzene rings is 1. The summed E-state index contributed by atoms with van der Waals surface area (Å²) in [6, 6.07) is 8.20. The number of guanidine groups is 1. The molecule has 164 valence electrons. The van der Waals surface area contributed by atoms with Crippen LogP contribution in [0.1, 0.15) is 24.0 Å². The number of pyridine rings is 1. The van der Waals surface area contributed by atoms with Gasteiger partial charge in [-0.25, -0.2) is 9.98 Å². The van der Waals surface area contributed by atoms with Crippen molar-refractivity contribution in [1.82, 2.24) is 9.88 Å². The normalized spacial score (nSPS) is 18.3. The molecule has 1 saturated heterocycles. The number of aliphatic imine (C=N–C) groups is 1. The van der Waals surface area contributed by atoms with Crippen LogP contribution in [0.5, 0.6) is 5.75 Å². The number of anilines is 1. The van der Waals surface area contributed by atoms with Crippen LogP contribution >= 0.6 is 23.4 Å². The molecule has 1 aliphatic carbocycles. The first kappa shape index (κ1) is 21.6. The third-order valence-corrected chi connectivity index (χ3v) is 7.54. The van der Waals surface area contributed by atoms with Crippen LogP contribution in [0.2, 0.25) is 5.02 Å². The number of nitrogens with two attached hydrogens (primary N) is 3. The summed E-state index contributed by atoms with van der Waals surface area (Å²) in [5, 5.41) is 0.862. The smallest absolute Gasteiger partial charge is 0.195 e. The maximum absolute atomic E-state index is 6.25. The molecule has 1 aromatic carbocycles. The highest BCUT2D eigenvalue weighted by molar-refractivity contribution is 8.03. The Morgan fingerprint density at radius 2 is 1.97 bits per heavy atom. The van der Waals surface area contributed by atoms with Gasteiger partial charge in [0.15, 0.2) is 5.96 Å². The molecule has 1 fully saturated rings. The van der Waals surface area contributed by atoms with Crippen molar-refractivity contribution >= 4 is 35.1 Å². The average molecular weight is 459 g/mol. The zero-order valence-electron chi connectivity index (χ0n) is 17.5. The average Bonchev–Trinajstić information content (AvgIpc) is 3.12. The molecule has 2 aromatic rings. The standard InChI is InChI=1S/C22H27ClN6OS/c1-30-16-3-2-14-11-22(12-15(14)10-16)5-8-29(9-6-22)21(26)28-13-18(24)31-17-4-7-27-20(25)19(17)23/h2-4,7,10,13H,5-6,8-9,11-12,24H2,1H3,(H2,25,27)(H2,26,28)/b18-13+. The van der Waals surface area contributed by atoms with Gasteiger partial charge in [-0.05, 0) is 60.4 Å². The van der Waals surface area contributed by atoms with Crippen LogP contribution in [-0.4, -0.2) is 36.0 Å². The molecule has 0 saturated carbocycles. The number of piperidine rings is 1. The predicted molar refractivity (Wildman–Crippen MR) is 127 cm³/mol. The molecule has 0 unspecified atom stereocenters. The topological polar surface area (TPSA) is 116 Å². The van der Waals surface area contributed by atoms with Gasteiger partial charge in [-0.1, -0.05) is 29.4 Å². The maximum atomic E-state index is 6.25.